The molecule has 1 aromatic carbocycles. The third kappa shape index (κ3) is 1.59. The van der Waals surface area contributed by atoms with Gasteiger partial charge in [-0.05, 0) is 0 Å². The highest BCUT2D eigenvalue weighted by Gasteiger charge is 2.21. The van der Waals surface area contributed by atoms with Gasteiger partial charge in [-0.2, -0.15) is 8.42 Å². The largest absolute Gasteiger partial charge is 0.297 e. The Labute approximate surface area is 88.0 Å². The normalized spacial score (nSPS) is 11.8. The minimum absolute atomic E-state index is 0.0572. The zero-order valence-corrected chi connectivity index (χ0v) is 8.30. The Morgan fingerprint density at radius 2 is 2.12 bits per heavy atom. The lowest BCUT2D eigenvalue weighted by molar-refractivity contribution is -0.384. The number of rotatable bonds is 2. The number of hydrogen-bond acceptors (Lipinski definition) is 6. The first-order valence-electron chi connectivity index (χ1n) is 3.86. The van der Waals surface area contributed by atoms with Gasteiger partial charge in [0.25, 0.3) is 15.8 Å². The highest BCUT2D eigenvalue weighted by molar-refractivity contribution is 7.86. The van der Waals surface area contributed by atoms with E-state index >= 15 is 0 Å². The van der Waals surface area contributed by atoms with Crippen LogP contribution in [0.4, 0.5) is 5.69 Å². The molecule has 9 nitrogen and oxygen atoms in total. The number of H-pyrrole nitrogens is 1. The van der Waals surface area contributed by atoms with E-state index in [9.17, 15) is 18.5 Å². The van der Waals surface area contributed by atoms with Crippen LogP contribution >= 0.6 is 0 Å². The molecule has 0 radical (unpaired) electrons. The predicted molar refractivity (Wildman–Crippen MR) is 50.4 cm³/mol. The molecule has 0 saturated heterocycles. The van der Waals surface area contributed by atoms with Crippen LogP contribution in [0.1, 0.15) is 0 Å². The summed E-state index contributed by atoms with van der Waals surface area (Å²) in [7, 11) is -4.58. The maximum Gasteiger partial charge on any atom is 0.297 e. The molecule has 10 heteroatoms. The average molecular weight is 244 g/mol. The third-order valence-electron chi connectivity index (χ3n) is 1.87. The molecule has 0 bridgehead atoms. The van der Waals surface area contributed by atoms with E-state index in [1.165, 1.54) is 0 Å². The molecular formula is C6H4N4O5S. The molecule has 0 fully saturated rings. The van der Waals surface area contributed by atoms with Gasteiger partial charge >= 0.3 is 0 Å². The average Bonchev–Trinajstić information content (AvgIpc) is 2.61. The molecule has 2 N–H and O–H groups in total. The van der Waals surface area contributed by atoms with E-state index in [1.54, 1.807) is 0 Å². The molecule has 84 valence electrons. The first kappa shape index (κ1) is 10.4. The lowest BCUT2D eigenvalue weighted by atomic mass is 10.3. The van der Waals surface area contributed by atoms with Gasteiger partial charge in [-0.1, -0.05) is 5.21 Å². The maximum atomic E-state index is 11.0. The molecule has 0 aliphatic carbocycles. The Morgan fingerprint density at radius 1 is 1.44 bits per heavy atom. The maximum absolute atomic E-state index is 11.0. The van der Waals surface area contributed by atoms with Crippen molar-refractivity contribution in [3.8, 4) is 0 Å². The second-order valence-electron chi connectivity index (χ2n) is 2.88. The third-order valence-corrected chi connectivity index (χ3v) is 2.74. The minimum Gasteiger partial charge on any atom is -0.282 e. The number of nitro groups is 1. The number of nitro benzene ring substituents is 1. The first-order valence-corrected chi connectivity index (χ1v) is 5.30. The van der Waals surface area contributed by atoms with Crippen molar-refractivity contribution < 1.29 is 17.9 Å². The summed E-state index contributed by atoms with van der Waals surface area (Å²) in [4.78, 5) is 9.09. The molecule has 0 unspecified atom stereocenters. The topological polar surface area (TPSA) is 139 Å². The molecule has 2 rings (SSSR count). The highest BCUT2D eigenvalue weighted by Crippen LogP contribution is 2.25. The second-order valence-corrected chi connectivity index (χ2v) is 4.27. The van der Waals surface area contributed by atoms with Crippen molar-refractivity contribution >= 4 is 26.8 Å². The SMILES string of the molecule is O=[N+]([O-])c1cc(S(=O)(=O)O)c2nn[nH]c2c1. The molecule has 0 spiro atoms. The minimum atomic E-state index is -4.58. The Balaban J connectivity index is 2.89. The van der Waals surface area contributed by atoms with Crippen LogP contribution in [-0.2, 0) is 10.1 Å². The Kier molecular flexibility index (Phi) is 2.10. The monoisotopic (exact) mass is 244 g/mol. The van der Waals surface area contributed by atoms with Gasteiger partial charge in [-0.15, -0.1) is 5.10 Å². The van der Waals surface area contributed by atoms with E-state index in [1.807, 2.05) is 0 Å². The molecule has 1 aromatic heterocycles. The molecular weight excluding hydrogens is 240 g/mol. The van der Waals surface area contributed by atoms with Crippen LogP contribution in [0, 0.1) is 10.1 Å². The van der Waals surface area contributed by atoms with Gasteiger partial charge in [-0.25, -0.2) is 0 Å². The van der Waals surface area contributed by atoms with E-state index in [4.69, 9.17) is 4.55 Å². The molecule has 0 aliphatic heterocycles. The second kappa shape index (κ2) is 3.21. The van der Waals surface area contributed by atoms with Crippen LogP contribution in [0.3, 0.4) is 0 Å². The molecule has 0 amide bonds. The van der Waals surface area contributed by atoms with E-state index < -0.39 is 25.6 Å². The smallest absolute Gasteiger partial charge is 0.282 e. The Bertz CT molecular complexity index is 675. The van der Waals surface area contributed by atoms with Gasteiger partial charge in [0, 0.05) is 12.1 Å². The molecule has 2 aromatic rings. The molecule has 0 saturated carbocycles. The number of non-ortho nitro benzene ring substituents is 1. The number of nitrogens with zero attached hydrogens (tertiary/aromatic N) is 3. The number of aromatic amines is 1. The van der Waals surface area contributed by atoms with Crippen LogP contribution in [0.2, 0.25) is 0 Å². The fraction of sp³-hybridized carbons (Fsp3) is 0. The summed E-state index contributed by atoms with van der Waals surface area (Å²) < 4.78 is 30.8. The first-order chi connectivity index (χ1) is 7.39. The van der Waals surface area contributed by atoms with Crippen LogP contribution in [0.25, 0.3) is 11.0 Å². The number of benzene rings is 1. The molecule has 0 atom stereocenters. The van der Waals surface area contributed by atoms with Gasteiger partial charge in [0.1, 0.15) is 10.4 Å². The number of fused-ring (bicyclic) bond motifs is 1. The summed E-state index contributed by atoms with van der Waals surface area (Å²) in [5, 5.41) is 19.5. The van der Waals surface area contributed by atoms with Crippen molar-refractivity contribution in [2.24, 2.45) is 0 Å². The van der Waals surface area contributed by atoms with Gasteiger partial charge in [0.2, 0.25) is 0 Å². The summed E-state index contributed by atoms with van der Waals surface area (Å²) >= 11 is 0. The van der Waals surface area contributed by atoms with Gasteiger partial charge in [0.15, 0.2) is 0 Å². The van der Waals surface area contributed by atoms with Gasteiger partial charge in [0.05, 0.1) is 10.4 Å². The van der Waals surface area contributed by atoms with Crippen molar-refractivity contribution in [1.82, 2.24) is 15.4 Å². The van der Waals surface area contributed by atoms with E-state index in [-0.39, 0.29) is 11.0 Å². The van der Waals surface area contributed by atoms with Crippen LogP contribution in [-0.4, -0.2) is 33.3 Å². The summed E-state index contributed by atoms with van der Waals surface area (Å²) in [5.74, 6) is 0. The van der Waals surface area contributed by atoms with Crippen LogP contribution in [0.15, 0.2) is 17.0 Å². The fourth-order valence-corrected chi connectivity index (χ4v) is 1.88. The summed E-state index contributed by atoms with van der Waals surface area (Å²) in [6.45, 7) is 0. The number of nitrogens with one attached hydrogen (secondary N) is 1. The van der Waals surface area contributed by atoms with Crippen molar-refractivity contribution in [1.29, 1.82) is 0 Å². The van der Waals surface area contributed by atoms with Crippen LogP contribution < -0.4 is 0 Å². The molecule has 0 aliphatic rings. The van der Waals surface area contributed by atoms with Crippen molar-refractivity contribution in [3.63, 3.8) is 0 Å². The number of hydrogen-bond donors (Lipinski definition) is 2. The van der Waals surface area contributed by atoms with E-state index in [2.05, 4.69) is 15.4 Å². The quantitative estimate of drug-likeness (QED) is 0.434. The Morgan fingerprint density at radius 3 is 2.69 bits per heavy atom. The van der Waals surface area contributed by atoms with Crippen LogP contribution in [0.5, 0.6) is 0 Å². The van der Waals surface area contributed by atoms with Crippen molar-refractivity contribution in [2.45, 2.75) is 4.90 Å². The lowest BCUT2D eigenvalue weighted by Gasteiger charge is -1.97. The Hall–Kier alpha value is -2.07. The van der Waals surface area contributed by atoms with E-state index in [0.29, 0.717) is 0 Å². The fourth-order valence-electron chi connectivity index (χ4n) is 1.21. The lowest BCUT2D eigenvalue weighted by Crippen LogP contribution is -2.01. The summed E-state index contributed by atoms with van der Waals surface area (Å²) in [6, 6.07) is 1.80. The van der Waals surface area contributed by atoms with E-state index in [0.717, 1.165) is 12.1 Å². The summed E-state index contributed by atoms with van der Waals surface area (Å²) in [6.07, 6.45) is 0. The number of aromatic nitrogens is 3. The summed E-state index contributed by atoms with van der Waals surface area (Å²) in [5.41, 5.74) is -0.568. The standard InChI is InChI=1S/C6H4N4O5S/c11-10(12)3-1-4-6(8-9-7-4)5(2-3)16(13,14)15/h1-2H,(H,7,8,9)(H,13,14,15). The highest BCUT2D eigenvalue weighted by atomic mass is 32.2. The zero-order valence-electron chi connectivity index (χ0n) is 7.48. The molecule has 16 heavy (non-hydrogen) atoms. The molecule has 1 heterocycles. The van der Waals surface area contributed by atoms with Gasteiger partial charge < -0.3 is 0 Å². The van der Waals surface area contributed by atoms with Crippen molar-refractivity contribution in [2.75, 3.05) is 0 Å². The zero-order chi connectivity index (χ0) is 11.9. The van der Waals surface area contributed by atoms with Crippen molar-refractivity contribution in [3.05, 3.63) is 22.2 Å². The van der Waals surface area contributed by atoms with Gasteiger partial charge in [-0.3, -0.25) is 19.8 Å². The predicted octanol–water partition coefficient (Wildman–Crippen LogP) is 0.113.